The first-order valence-corrected chi connectivity index (χ1v) is 9.13. The summed E-state index contributed by atoms with van der Waals surface area (Å²) in [6.45, 7) is 0.548. The maximum absolute atomic E-state index is 12.5. The third-order valence-electron chi connectivity index (χ3n) is 3.75. The molecule has 9 heteroatoms. The van der Waals surface area contributed by atoms with Crippen LogP contribution in [0.2, 0.25) is 0 Å². The summed E-state index contributed by atoms with van der Waals surface area (Å²) in [6, 6.07) is 7.89. The zero-order valence-electron chi connectivity index (χ0n) is 12.8. The van der Waals surface area contributed by atoms with E-state index in [1.54, 1.807) is 24.3 Å². The van der Waals surface area contributed by atoms with Gasteiger partial charge in [-0.3, -0.25) is 0 Å². The maximum atomic E-state index is 12.5. The number of rotatable bonds is 1. The molecule has 1 aromatic heterocycles. The van der Waals surface area contributed by atoms with Crippen molar-refractivity contribution < 1.29 is 8.42 Å². The third kappa shape index (κ3) is 3.26. The van der Waals surface area contributed by atoms with E-state index in [0.717, 1.165) is 0 Å². The van der Waals surface area contributed by atoms with Gasteiger partial charge in [-0.1, -0.05) is 17.6 Å². The van der Waals surface area contributed by atoms with Crippen LogP contribution in [0.25, 0.3) is 0 Å². The van der Waals surface area contributed by atoms with Gasteiger partial charge in [0.05, 0.1) is 16.3 Å². The highest BCUT2D eigenvalue weighted by atomic mass is 32.2. The summed E-state index contributed by atoms with van der Waals surface area (Å²) in [5, 5.41) is 8.98. The lowest BCUT2D eigenvalue weighted by molar-refractivity contribution is 0.592. The molecule has 4 bridgehead atoms. The molecule has 1 aromatic carbocycles. The van der Waals surface area contributed by atoms with Gasteiger partial charge in [0, 0.05) is 6.54 Å². The van der Waals surface area contributed by atoms with Crippen molar-refractivity contribution >= 4 is 46.2 Å². The predicted octanol–water partition coefficient (Wildman–Crippen LogP) is 2.00. The normalized spacial score (nSPS) is 16.5. The molecule has 0 aliphatic carbocycles. The number of nitrogens with one attached hydrogen (secondary N) is 2. The van der Waals surface area contributed by atoms with Crippen LogP contribution < -0.4 is 16.1 Å². The summed E-state index contributed by atoms with van der Waals surface area (Å²) in [5.74, 6) is 0.894. The largest absolute Gasteiger partial charge is 0.370 e. The van der Waals surface area contributed by atoms with Crippen LogP contribution in [0, 0.1) is 4.91 Å². The minimum absolute atomic E-state index is 0.0544. The van der Waals surface area contributed by atoms with E-state index in [2.05, 4.69) is 20.8 Å². The SMILES string of the molecule is [B]c1ccc2nc1NCCCCS(=O)(=O)c1cccc(c1N=O)N2. The Morgan fingerprint density at radius 3 is 2.79 bits per heavy atom. The zero-order chi connectivity index (χ0) is 17.2. The molecule has 0 saturated heterocycles. The van der Waals surface area contributed by atoms with Gasteiger partial charge in [0.25, 0.3) is 0 Å². The molecule has 0 saturated carbocycles. The van der Waals surface area contributed by atoms with Crippen LogP contribution in [0.3, 0.4) is 0 Å². The van der Waals surface area contributed by atoms with Gasteiger partial charge in [-0.05, 0) is 36.2 Å². The number of pyridine rings is 1. The maximum Gasteiger partial charge on any atom is 0.180 e. The van der Waals surface area contributed by atoms with E-state index in [1.807, 2.05) is 0 Å². The fraction of sp³-hybridized carbons (Fsp3) is 0.267. The van der Waals surface area contributed by atoms with E-state index in [0.29, 0.717) is 36.5 Å². The van der Waals surface area contributed by atoms with Crippen LogP contribution >= 0.6 is 0 Å². The molecule has 0 spiro atoms. The quantitative estimate of drug-likeness (QED) is 0.607. The molecular weight excluding hydrogens is 327 g/mol. The van der Waals surface area contributed by atoms with Crippen molar-refractivity contribution in [1.82, 2.24) is 4.98 Å². The molecule has 1 aliphatic rings. The molecule has 0 unspecified atom stereocenters. The van der Waals surface area contributed by atoms with Crippen LogP contribution in [-0.4, -0.2) is 33.5 Å². The Morgan fingerprint density at radius 2 is 2.00 bits per heavy atom. The Balaban J connectivity index is 2.14. The first-order valence-electron chi connectivity index (χ1n) is 7.48. The molecular formula is C15H15BN4O3S. The van der Waals surface area contributed by atoms with Crippen LogP contribution in [0.1, 0.15) is 12.8 Å². The van der Waals surface area contributed by atoms with Gasteiger partial charge in [0.15, 0.2) is 9.84 Å². The number of hydrogen-bond acceptors (Lipinski definition) is 7. The predicted molar refractivity (Wildman–Crippen MR) is 94.6 cm³/mol. The summed E-state index contributed by atoms with van der Waals surface area (Å²) in [7, 11) is 2.30. The van der Waals surface area contributed by atoms with E-state index in [4.69, 9.17) is 7.85 Å². The Labute approximate surface area is 141 Å². The number of fused-ring (bicyclic) bond motifs is 4. The van der Waals surface area contributed by atoms with Crippen molar-refractivity contribution in [2.24, 2.45) is 5.18 Å². The van der Waals surface area contributed by atoms with Crippen molar-refractivity contribution in [2.45, 2.75) is 17.7 Å². The highest BCUT2D eigenvalue weighted by Gasteiger charge is 2.22. The molecule has 0 fully saturated rings. The summed E-state index contributed by atoms with van der Waals surface area (Å²) in [5.41, 5.74) is 0.643. The van der Waals surface area contributed by atoms with Gasteiger partial charge < -0.3 is 10.6 Å². The monoisotopic (exact) mass is 342 g/mol. The van der Waals surface area contributed by atoms with E-state index in [9.17, 15) is 13.3 Å². The van der Waals surface area contributed by atoms with Gasteiger partial charge in [-0.15, -0.1) is 4.91 Å². The average molecular weight is 342 g/mol. The lowest BCUT2D eigenvalue weighted by atomic mass is 9.97. The number of benzene rings is 1. The van der Waals surface area contributed by atoms with Crippen LogP contribution in [-0.2, 0) is 9.84 Å². The lowest BCUT2D eigenvalue weighted by Crippen LogP contribution is -2.16. The molecule has 24 heavy (non-hydrogen) atoms. The molecule has 0 amide bonds. The highest BCUT2D eigenvalue weighted by molar-refractivity contribution is 7.91. The van der Waals surface area contributed by atoms with Gasteiger partial charge in [0.1, 0.15) is 25.2 Å². The third-order valence-corrected chi connectivity index (χ3v) is 5.57. The van der Waals surface area contributed by atoms with Crippen molar-refractivity contribution in [2.75, 3.05) is 22.9 Å². The lowest BCUT2D eigenvalue weighted by Gasteiger charge is -2.12. The number of anilines is 3. The molecule has 2 aromatic rings. The van der Waals surface area contributed by atoms with Crippen molar-refractivity contribution in [3.8, 4) is 0 Å². The van der Waals surface area contributed by atoms with E-state index in [1.165, 1.54) is 6.07 Å². The van der Waals surface area contributed by atoms with Gasteiger partial charge in [0.2, 0.25) is 0 Å². The van der Waals surface area contributed by atoms with E-state index < -0.39 is 9.84 Å². The van der Waals surface area contributed by atoms with Crippen molar-refractivity contribution in [3.05, 3.63) is 35.2 Å². The minimum atomic E-state index is -3.59. The first-order chi connectivity index (χ1) is 11.5. The second-order valence-electron chi connectivity index (χ2n) is 5.46. The van der Waals surface area contributed by atoms with E-state index in [-0.39, 0.29) is 22.0 Å². The van der Waals surface area contributed by atoms with Crippen LogP contribution in [0.15, 0.2) is 40.4 Å². The van der Waals surface area contributed by atoms with Crippen LogP contribution in [0.4, 0.5) is 23.0 Å². The molecule has 2 heterocycles. The smallest absolute Gasteiger partial charge is 0.180 e. The molecule has 3 rings (SSSR count). The second-order valence-corrected chi connectivity index (χ2v) is 7.53. The minimum Gasteiger partial charge on any atom is -0.370 e. The Kier molecular flexibility index (Phi) is 4.52. The molecule has 2 N–H and O–H groups in total. The van der Waals surface area contributed by atoms with Crippen molar-refractivity contribution in [3.63, 3.8) is 0 Å². The first kappa shape index (κ1) is 16.4. The van der Waals surface area contributed by atoms with Crippen molar-refractivity contribution in [1.29, 1.82) is 0 Å². The van der Waals surface area contributed by atoms with Gasteiger partial charge in [-0.25, -0.2) is 13.4 Å². The molecule has 7 nitrogen and oxygen atoms in total. The standard InChI is InChI=1S/C15H15BN4O3S/c16-10-6-7-13-18-11-4-3-5-12(14(11)20-21)24(22,23)9-2-1-8-17-15(10)19-13/h3-7H,1-2,8-9H2,(H2,17,18,19). The number of aromatic nitrogens is 1. The van der Waals surface area contributed by atoms with Gasteiger partial charge in [-0.2, -0.15) is 0 Å². The number of nitrogens with zero attached hydrogens (tertiary/aromatic N) is 2. The molecule has 1 aliphatic heterocycles. The highest BCUT2D eigenvalue weighted by Crippen LogP contribution is 2.35. The Morgan fingerprint density at radius 1 is 1.17 bits per heavy atom. The number of hydrogen-bond donors (Lipinski definition) is 2. The summed E-state index contributed by atoms with van der Waals surface area (Å²) >= 11 is 0. The van der Waals surface area contributed by atoms with Gasteiger partial charge >= 0.3 is 0 Å². The topological polar surface area (TPSA) is 101 Å². The number of nitroso groups, excluding NO2 is 1. The second kappa shape index (κ2) is 6.60. The zero-order valence-corrected chi connectivity index (χ0v) is 13.6. The summed E-state index contributed by atoms with van der Waals surface area (Å²) in [6.07, 6.45) is 1.08. The van der Waals surface area contributed by atoms with E-state index >= 15 is 0 Å². The number of sulfone groups is 1. The molecule has 122 valence electrons. The molecule has 2 radical (unpaired) electrons. The summed E-state index contributed by atoms with van der Waals surface area (Å²) in [4.78, 5) is 15.6. The fourth-order valence-corrected chi connectivity index (χ4v) is 4.05. The average Bonchev–Trinajstić information content (AvgIpc) is 2.56. The Bertz CT molecular complexity index is 886. The fourth-order valence-electron chi connectivity index (χ4n) is 2.52. The van der Waals surface area contributed by atoms with Crippen LogP contribution in [0.5, 0.6) is 0 Å². The molecule has 0 atom stereocenters. The Hall–Kier alpha value is -2.42. The summed E-state index contributed by atoms with van der Waals surface area (Å²) < 4.78 is 25.0.